The third-order valence-corrected chi connectivity index (χ3v) is 5.36. The zero-order chi connectivity index (χ0) is 23.2. The van der Waals surface area contributed by atoms with Crippen LogP contribution in [0.4, 0.5) is 11.4 Å². The number of halogens is 1. The first kappa shape index (κ1) is 22.5. The maximum absolute atomic E-state index is 12.5. The molecule has 1 heterocycles. The Labute approximate surface area is 195 Å². The van der Waals surface area contributed by atoms with Crippen molar-refractivity contribution in [3.8, 4) is 5.75 Å². The molecular weight excluding hydrogens is 444 g/mol. The topological polar surface area (TPSA) is 93.7 Å². The molecule has 1 aliphatic heterocycles. The van der Waals surface area contributed by atoms with Gasteiger partial charge in [0.1, 0.15) is 11.9 Å². The normalized spacial score (nSPS) is 15.0. The van der Waals surface area contributed by atoms with Gasteiger partial charge in [0, 0.05) is 18.0 Å². The van der Waals surface area contributed by atoms with Gasteiger partial charge in [-0.25, -0.2) is 4.79 Å². The molecule has 8 heteroatoms. The van der Waals surface area contributed by atoms with E-state index >= 15 is 0 Å². The number of anilines is 2. The number of esters is 1. The molecule has 7 nitrogen and oxygen atoms in total. The molecule has 0 spiro atoms. The van der Waals surface area contributed by atoms with Gasteiger partial charge < -0.3 is 20.1 Å². The molecule has 1 fully saturated rings. The Morgan fingerprint density at radius 1 is 0.909 bits per heavy atom. The Bertz CT molecular complexity index is 1170. The fourth-order valence-electron chi connectivity index (χ4n) is 3.35. The van der Waals surface area contributed by atoms with Gasteiger partial charge in [0.05, 0.1) is 16.1 Å². The fraction of sp³-hybridized carbons (Fsp3) is 0.160. The average Bonchev–Trinajstić information content (AvgIpc) is 3.36. The van der Waals surface area contributed by atoms with Gasteiger partial charge in [-0.05, 0) is 67.4 Å². The number of carbonyl (C=O) groups excluding carboxylic acids is 3. The molecule has 0 aromatic heterocycles. The summed E-state index contributed by atoms with van der Waals surface area (Å²) in [6, 6.07) is 19.6. The second kappa shape index (κ2) is 10.3. The first-order chi connectivity index (χ1) is 16.0. The summed E-state index contributed by atoms with van der Waals surface area (Å²) in [4.78, 5) is 37.1. The zero-order valence-electron chi connectivity index (χ0n) is 17.5. The lowest BCUT2D eigenvalue weighted by Gasteiger charge is -2.11. The largest absolute Gasteiger partial charge is 0.423 e. The molecule has 0 radical (unpaired) electrons. The average molecular weight is 465 g/mol. The van der Waals surface area contributed by atoms with Crippen molar-refractivity contribution in [1.82, 2.24) is 0 Å². The Balaban J connectivity index is 1.36. The summed E-state index contributed by atoms with van der Waals surface area (Å²) in [5.41, 5.74) is 1.67. The van der Waals surface area contributed by atoms with Crippen LogP contribution in [0.25, 0.3) is 0 Å². The molecule has 168 valence electrons. The molecule has 33 heavy (non-hydrogen) atoms. The van der Waals surface area contributed by atoms with E-state index in [2.05, 4.69) is 10.6 Å². The van der Waals surface area contributed by atoms with E-state index < -0.39 is 12.1 Å². The molecule has 4 rings (SSSR count). The predicted molar refractivity (Wildman–Crippen MR) is 125 cm³/mol. The standard InChI is InChI=1S/C25H21ClN2O5/c26-21-8-2-1-7-20(21)23(29)27-17-10-12-19(13-11-17)33-25(31)16-5-3-6-18(15-16)28-24(30)22-9-4-14-32-22/h1-3,5-8,10-13,15,22H,4,9,14H2,(H,27,29)(H,28,30). The second-order valence-corrected chi connectivity index (χ2v) is 7.83. The minimum atomic E-state index is -0.573. The Morgan fingerprint density at radius 3 is 2.42 bits per heavy atom. The number of carbonyl (C=O) groups is 3. The van der Waals surface area contributed by atoms with Crippen molar-refractivity contribution in [2.45, 2.75) is 18.9 Å². The predicted octanol–water partition coefficient (Wildman–Crippen LogP) is 4.93. The van der Waals surface area contributed by atoms with Crippen molar-refractivity contribution in [2.24, 2.45) is 0 Å². The van der Waals surface area contributed by atoms with Crippen molar-refractivity contribution in [3.05, 3.63) is 88.9 Å². The molecule has 0 bridgehead atoms. The van der Waals surface area contributed by atoms with Gasteiger partial charge >= 0.3 is 5.97 Å². The van der Waals surface area contributed by atoms with Gasteiger partial charge in [-0.3, -0.25) is 9.59 Å². The Morgan fingerprint density at radius 2 is 1.70 bits per heavy atom. The van der Waals surface area contributed by atoms with E-state index in [-0.39, 0.29) is 17.4 Å². The second-order valence-electron chi connectivity index (χ2n) is 7.42. The number of amides is 2. The molecule has 1 unspecified atom stereocenters. The zero-order valence-corrected chi connectivity index (χ0v) is 18.3. The molecule has 3 aromatic carbocycles. The maximum atomic E-state index is 12.5. The molecule has 1 saturated heterocycles. The summed E-state index contributed by atoms with van der Waals surface area (Å²) in [6.07, 6.45) is 1.08. The van der Waals surface area contributed by atoms with Gasteiger partial charge in [0.15, 0.2) is 0 Å². The number of rotatable bonds is 6. The van der Waals surface area contributed by atoms with E-state index in [0.717, 1.165) is 6.42 Å². The minimum Gasteiger partial charge on any atom is -0.423 e. The van der Waals surface area contributed by atoms with Crippen LogP contribution in [0.5, 0.6) is 5.75 Å². The first-order valence-electron chi connectivity index (χ1n) is 10.4. The quantitative estimate of drug-likeness (QED) is 0.398. The van der Waals surface area contributed by atoms with E-state index in [0.29, 0.717) is 40.7 Å². The van der Waals surface area contributed by atoms with Crippen LogP contribution in [0.1, 0.15) is 33.6 Å². The van der Waals surface area contributed by atoms with Crippen LogP contribution < -0.4 is 15.4 Å². The molecule has 0 saturated carbocycles. The number of benzene rings is 3. The van der Waals surface area contributed by atoms with Crippen LogP contribution in [-0.4, -0.2) is 30.5 Å². The molecule has 3 aromatic rings. The van der Waals surface area contributed by atoms with Crippen LogP contribution in [0.2, 0.25) is 5.02 Å². The van der Waals surface area contributed by atoms with E-state index in [9.17, 15) is 14.4 Å². The first-order valence-corrected chi connectivity index (χ1v) is 10.8. The van der Waals surface area contributed by atoms with Crippen molar-refractivity contribution in [1.29, 1.82) is 0 Å². The van der Waals surface area contributed by atoms with Crippen LogP contribution in [0.3, 0.4) is 0 Å². The van der Waals surface area contributed by atoms with Crippen molar-refractivity contribution >= 4 is 40.8 Å². The Kier molecular flexibility index (Phi) is 7.02. The van der Waals surface area contributed by atoms with Crippen molar-refractivity contribution in [3.63, 3.8) is 0 Å². The molecule has 2 amide bonds. The summed E-state index contributed by atoms with van der Waals surface area (Å²) in [6.45, 7) is 0.576. The molecule has 1 atom stereocenters. The maximum Gasteiger partial charge on any atom is 0.343 e. The summed E-state index contributed by atoms with van der Waals surface area (Å²) in [5.74, 6) is -0.833. The highest BCUT2D eigenvalue weighted by molar-refractivity contribution is 6.34. The van der Waals surface area contributed by atoms with E-state index in [1.165, 1.54) is 0 Å². The number of hydrogen-bond acceptors (Lipinski definition) is 5. The molecule has 2 N–H and O–H groups in total. The number of hydrogen-bond donors (Lipinski definition) is 2. The van der Waals surface area contributed by atoms with Crippen LogP contribution in [0.15, 0.2) is 72.8 Å². The SMILES string of the molecule is O=C(Oc1ccc(NC(=O)c2ccccc2Cl)cc1)c1cccc(NC(=O)C2CCCO2)c1. The monoisotopic (exact) mass is 464 g/mol. The van der Waals surface area contributed by atoms with Crippen LogP contribution in [0, 0.1) is 0 Å². The van der Waals surface area contributed by atoms with Gasteiger partial charge in [-0.15, -0.1) is 0 Å². The highest BCUT2D eigenvalue weighted by Crippen LogP contribution is 2.21. The van der Waals surface area contributed by atoms with Crippen molar-refractivity contribution < 1.29 is 23.9 Å². The molecular formula is C25H21ClN2O5. The lowest BCUT2D eigenvalue weighted by molar-refractivity contribution is -0.124. The summed E-state index contributed by atoms with van der Waals surface area (Å²) in [5, 5.41) is 5.87. The highest BCUT2D eigenvalue weighted by atomic mass is 35.5. The van der Waals surface area contributed by atoms with Crippen molar-refractivity contribution in [2.75, 3.05) is 17.2 Å². The summed E-state index contributed by atoms with van der Waals surface area (Å²) >= 11 is 6.05. The molecule has 1 aliphatic rings. The van der Waals surface area contributed by atoms with E-state index in [1.807, 2.05) is 0 Å². The number of ether oxygens (including phenoxy) is 2. The van der Waals surface area contributed by atoms with E-state index in [1.54, 1.807) is 72.8 Å². The van der Waals surface area contributed by atoms with Gasteiger partial charge in [0.2, 0.25) is 0 Å². The minimum absolute atomic E-state index is 0.229. The molecule has 0 aliphatic carbocycles. The lowest BCUT2D eigenvalue weighted by Crippen LogP contribution is -2.26. The third-order valence-electron chi connectivity index (χ3n) is 5.03. The number of nitrogens with one attached hydrogen (secondary N) is 2. The van der Waals surface area contributed by atoms with Gasteiger partial charge in [-0.1, -0.05) is 29.8 Å². The summed E-state index contributed by atoms with van der Waals surface area (Å²) in [7, 11) is 0. The van der Waals surface area contributed by atoms with Gasteiger partial charge in [-0.2, -0.15) is 0 Å². The van der Waals surface area contributed by atoms with Crippen LogP contribution in [-0.2, 0) is 9.53 Å². The van der Waals surface area contributed by atoms with Crippen LogP contribution >= 0.6 is 11.6 Å². The van der Waals surface area contributed by atoms with Gasteiger partial charge in [0.25, 0.3) is 11.8 Å². The summed E-state index contributed by atoms with van der Waals surface area (Å²) < 4.78 is 10.8. The Hall–Kier alpha value is -3.68. The van der Waals surface area contributed by atoms with E-state index in [4.69, 9.17) is 21.1 Å². The smallest absolute Gasteiger partial charge is 0.343 e. The third kappa shape index (κ3) is 5.77. The lowest BCUT2D eigenvalue weighted by atomic mass is 10.2. The highest BCUT2D eigenvalue weighted by Gasteiger charge is 2.23. The fourth-order valence-corrected chi connectivity index (χ4v) is 3.57.